The Balaban J connectivity index is 2.11. The van der Waals surface area contributed by atoms with E-state index in [-0.39, 0.29) is 11.3 Å². The summed E-state index contributed by atoms with van der Waals surface area (Å²) in [4.78, 5) is 34.3. The number of para-hydroxylation sites is 1. The summed E-state index contributed by atoms with van der Waals surface area (Å²) in [6, 6.07) is 12.1. The summed E-state index contributed by atoms with van der Waals surface area (Å²) in [6.07, 6.45) is 0. The third kappa shape index (κ3) is 4.05. The van der Waals surface area contributed by atoms with Gasteiger partial charge in [-0.3, -0.25) is 15.0 Å². The maximum atomic E-state index is 12.0. The molecular formula is C15H13N3O5. The number of hydrazine groups is 1. The lowest BCUT2D eigenvalue weighted by Gasteiger charge is -2.08. The molecule has 0 fully saturated rings. The van der Waals surface area contributed by atoms with Gasteiger partial charge in [0.25, 0.3) is 0 Å². The Morgan fingerprint density at radius 2 is 1.70 bits per heavy atom. The third-order valence-electron chi connectivity index (χ3n) is 2.77. The number of phenolic OH excluding ortho intramolecular Hbond substituents is 1. The summed E-state index contributed by atoms with van der Waals surface area (Å²) >= 11 is 0. The summed E-state index contributed by atoms with van der Waals surface area (Å²) in [5.74, 6) is 1.93. The Hall–Kier alpha value is -3.39. The molecule has 23 heavy (non-hydrogen) atoms. The van der Waals surface area contributed by atoms with E-state index in [0.29, 0.717) is 5.75 Å². The number of nitrogens with two attached hydrogens (primary N) is 1. The van der Waals surface area contributed by atoms with Crippen molar-refractivity contribution in [1.29, 1.82) is 0 Å². The minimum atomic E-state index is -1.04. The van der Waals surface area contributed by atoms with Gasteiger partial charge in [-0.1, -0.05) is 18.2 Å². The van der Waals surface area contributed by atoms with Crippen molar-refractivity contribution in [2.75, 3.05) is 5.32 Å². The molecule has 2 rings (SSSR count). The predicted molar refractivity (Wildman–Crippen MR) is 80.5 cm³/mol. The molecule has 0 bridgehead atoms. The second kappa shape index (κ2) is 7.05. The van der Waals surface area contributed by atoms with Crippen molar-refractivity contribution in [3.05, 3.63) is 54.1 Å². The van der Waals surface area contributed by atoms with Crippen LogP contribution in [0.5, 0.6) is 11.5 Å². The summed E-state index contributed by atoms with van der Waals surface area (Å²) < 4.78 is 5.09. The molecule has 0 radical (unpaired) electrons. The number of carbonyl (C=O) groups excluding carboxylic acids is 3. The first-order valence-corrected chi connectivity index (χ1v) is 6.43. The van der Waals surface area contributed by atoms with Crippen molar-refractivity contribution >= 4 is 23.5 Å². The van der Waals surface area contributed by atoms with Crippen LogP contribution in [0.15, 0.2) is 48.5 Å². The molecule has 5 N–H and O–H groups in total. The average molecular weight is 315 g/mol. The smallest absolute Gasteiger partial charge is 0.347 e. The highest BCUT2D eigenvalue weighted by atomic mass is 16.5. The summed E-state index contributed by atoms with van der Waals surface area (Å²) in [7, 11) is 0. The molecule has 118 valence electrons. The topological polar surface area (TPSA) is 131 Å². The number of phenols is 1. The monoisotopic (exact) mass is 315 g/mol. The molecule has 2 amide bonds. The Kier molecular flexibility index (Phi) is 4.90. The fourth-order valence-electron chi connectivity index (χ4n) is 1.69. The molecule has 0 saturated carbocycles. The average Bonchev–Trinajstić information content (AvgIpc) is 2.54. The van der Waals surface area contributed by atoms with Crippen molar-refractivity contribution in [1.82, 2.24) is 5.43 Å². The molecule has 0 aliphatic heterocycles. The first kappa shape index (κ1) is 16.0. The van der Waals surface area contributed by atoms with Crippen LogP contribution < -0.4 is 21.3 Å². The van der Waals surface area contributed by atoms with E-state index in [1.54, 1.807) is 35.8 Å². The zero-order chi connectivity index (χ0) is 16.8. The summed E-state index contributed by atoms with van der Waals surface area (Å²) in [5.41, 5.74) is 1.70. The van der Waals surface area contributed by atoms with Crippen LogP contribution >= 0.6 is 0 Å². The number of anilines is 1. The number of esters is 1. The first-order valence-electron chi connectivity index (χ1n) is 6.43. The normalized spacial score (nSPS) is 9.78. The van der Waals surface area contributed by atoms with Crippen LogP contribution in [0.2, 0.25) is 0 Å². The van der Waals surface area contributed by atoms with Gasteiger partial charge in [-0.05, 0) is 24.3 Å². The van der Waals surface area contributed by atoms with Gasteiger partial charge in [0.1, 0.15) is 17.1 Å². The number of aromatic hydroxyl groups is 1. The molecule has 0 aliphatic carbocycles. The number of hydrogen-bond acceptors (Lipinski definition) is 6. The van der Waals surface area contributed by atoms with Gasteiger partial charge in [0, 0.05) is 11.8 Å². The van der Waals surface area contributed by atoms with Crippen LogP contribution in [-0.2, 0) is 9.59 Å². The van der Waals surface area contributed by atoms with Gasteiger partial charge in [-0.15, -0.1) is 0 Å². The quantitative estimate of drug-likeness (QED) is 0.163. The Labute approximate surface area is 130 Å². The highest BCUT2D eigenvalue weighted by molar-refractivity contribution is 6.39. The van der Waals surface area contributed by atoms with Gasteiger partial charge in [0.2, 0.25) is 0 Å². The molecule has 8 heteroatoms. The van der Waals surface area contributed by atoms with Gasteiger partial charge < -0.3 is 15.2 Å². The van der Waals surface area contributed by atoms with E-state index < -0.39 is 23.5 Å². The number of amides is 2. The molecule has 2 aromatic rings. The lowest BCUT2D eigenvalue weighted by molar-refractivity contribution is -0.136. The third-order valence-corrected chi connectivity index (χ3v) is 2.77. The number of rotatable bonds is 3. The maximum absolute atomic E-state index is 12.0. The van der Waals surface area contributed by atoms with Crippen molar-refractivity contribution in [2.24, 2.45) is 5.84 Å². The van der Waals surface area contributed by atoms with Crippen molar-refractivity contribution in [3.63, 3.8) is 0 Å². The summed E-state index contributed by atoms with van der Waals surface area (Å²) in [5, 5.41) is 12.1. The fourth-order valence-corrected chi connectivity index (χ4v) is 1.69. The largest absolute Gasteiger partial charge is 0.507 e. The number of hydrogen-bond donors (Lipinski definition) is 4. The van der Waals surface area contributed by atoms with Crippen LogP contribution in [0.4, 0.5) is 5.69 Å². The van der Waals surface area contributed by atoms with E-state index in [9.17, 15) is 19.5 Å². The standard InChI is InChI=1S/C15H13N3O5/c16-18-14(21)13(20)17-9-6-7-11(12(19)8-9)15(22)23-10-4-2-1-3-5-10/h1-8,19H,16H2,(H,17,20)(H,18,21). The highest BCUT2D eigenvalue weighted by Crippen LogP contribution is 2.23. The van der Waals surface area contributed by atoms with Crippen LogP contribution in [0, 0.1) is 0 Å². The van der Waals surface area contributed by atoms with E-state index in [1.165, 1.54) is 12.1 Å². The van der Waals surface area contributed by atoms with Crippen molar-refractivity contribution < 1.29 is 24.2 Å². The molecule has 0 saturated heterocycles. The van der Waals surface area contributed by atoms with Crippen LogP contribution in [0.3, 0.4) is 0 Å². The van der Waals surface area contributed by atoms with E-state index in [0.717, 1.165) is 6.07 Å². The molecule has 0 atom stereocenters. The van der Waals surface area contributed by atoms with Gasteiger partial charge in [-0.25, -0.2) is 10.6 Å². The number of nitrogens with one attached hydrogen (secondary N) is 2. The van der Waals surface area contributed by atoms with E-state index in [2.05, 4.69) is 5.32 Å². The van der Waals surface area contributed by atoms with E-state index >= 15 is 0 Å². The number of benzene rings is 2. The minimum absolute atomic E-state index is 0.0878. The Bertz CT molecular complexity index is 746. The second-order valence-electron chi connectivity index (χ2n) is 4.36. The number of ether oxygens (including phenoxy) is 1. The fraction of sp³-hybridized carbons (Fsp3) is 0. The zero-order valence-electron chi connectivity index (χ0n) is 11.8. The summed E-state index contributed by atoms with van der Waals surface area (Å²) in [6.45, 7) is 0. The Morgan fingerprint density at radius 3 is 2.30 bits per heavy atom. The van der Waals surface area contributed by atoms with Gasteiger partial charge in [-0.2, -0.15) is 0 Å². The molecule has 0 spiro atoms. The van der Waals surface area contributed by atoms with E-state index in [4.69, 9.17) is 10.6 Å². The van der Waals surface area contributed by atoms with Crippen molar-refractivity contribution in [3.8, 4) is 11.5 Å². The zero-order valence-corrected chi connectivity index (χ0v) is 11.8. The van der Waals surface area contributed by atoms with Gasteiger partial charge in [0.15, 0.2) is 0 Å². The SMILES string of the molecule is NNC(=O)C(=O)Nc1ccc(C(=O)Oc2ccccc2)c(O)c1. The van der Waals surface area contributed by atoms with Crippen LogP contribution in [0.1, 0.15) is 10.4 Å². The lowest BCUT2D eigenvalue weighted by Crippen LogP contribution is -2.39. The Morgan fingerprint density at radius 1 is 1.00 bits per heavy atom. The molecule has 0 heterocycles. The molecule has 0 unspecified atom stereocenters. The van der Waals surface area contributed by atoms with Gasteiger partial charge >= 0.3 is 17.8 Å². The van der Waals surface area contributed by atoms with Crippen molar-refractivity contribution in [2.45, 2.75) is 0 Å². The van der Waals surface area contributed by atoms with Crippen LogP contribution in [-0.4, -0.2) is 22.9 Å². The minimum Gasteiger partial charge on any atom is -0.507 e. The molecular weight excluding hydrogens is 302 g/mol. The van der Waals surface area contributed by atoms with Crippen LogP contribution in [0.25, 0.3) is 0 Å². The predicted octanol–water partition coefficient (Wildman–Crippen LogP) is 0.540. The van der Waals surface area contributed by atoms with E-state index in [1.807, 2.05) is 0 Å². The molecule has 0 aliphatic rings. The molecule has 0 aromatic heterocycles. The highest BCUT2D eigenvalue weighted by Gasteiger charge is 2.16. The maximum Gasteiger partial charge on any atom is 0.347 e. The van der Waals surface area contributed by atoms with Gasteiger partial charge in [0.05, 0.1) is 0 Å². The molecule has 2 aromatic carbocycles. The molecule has 8 nitrogen and oxygen atoms in total. The second-order valence-corrected chi connectivity index (χ2v) is 4.36. The first-order chi connectivity index (χ1) is 11.0. The number of carbonyl (C=O) groups is 3. The lowest BCUT2D eigenvalue weighted by atomic mass is 10.2.